The molecule has 0 bridgehead atoms. The largest absolute Gasteiger partial charge is 0.473 e. The van der Waals surface area contributed by atoms with Gasteiger partial charge in [-0.25, -0.2) is 9.59 Å². The lowest BCUT2D eigenvalue weighted by atomic mass is 10.1. The number of rotatable bonds is 8. The molecule has 0 aliphatic rings. The van der Waals surface area contributed by atoms with Crippen LogP contribution in [0.15, 0.2) is 12.2 Å². The van der Waals surface area contributed by atoms with Gasteiger partial charge in [-0.05, 0) is 0 Å². The van der Waals surface area contributed by atoms with Gasteiger partial charge in [0, 0.05) is 19.1 Å². The normalized spacial score (nSPS) is 14.5. The number of hydrogen-bond acceptors (Lipinski definition) is 4. The maximum absolute atomic E-state index is 13.2. The van der Waals surface area contributed by atoms with Crippen LogP contribution in [0.1, 0.15) is 6.92 Å². The first-order valence-corrected chi connectivity index (χ1v) is 10.5. The van der Waals surface area contributed by atoms with Crippen molar-refractivity contribution in [3.05, 3.63) is 12.2 Å². The van der Waals surface area contributed by atoms with E-state index in [1.54, 1.807) is 19.6 Å². The molecule has 4 nitrogen and oxygen atoms in total. The Balaban J connectivity index is 5.12. The van der Waals surface area contributed by atoms with Crippen LogP contribution in [0.5, 0.6) is 0 Å². The first kappa shape index (κ1) is 24.3. The van der Waals surface area contributed by atoms with Crippen molar-refractivity contribution in [2.45, 2.75) is 50.4 Å². The second kappa shape index (κ2) is 7.52. The van der Waals surface area contributed by atoms with Gasteiger partial charge in [-0.15, -0.1) is 0 Å². The van der Waals surface area contributed by atoms with Gasteiger partial charge in [0.15, 0.2) is 0 Å². The predicted molar refractivity (Wildman–Crippen MR) is 75.0 cm³/mol. The molecule has 26 heavy (non-hydrogen) atoms. The highest BCUT2D eigenvalue weighted by atomic mass is 28.3. The van der Waals surface area contributed by atoms with Crippen LogP contribution in [0.3, 0.4) is 0 Å². The van der Waals surface area contributed by atoms with E-state index in [4.69, 9.17) is 0 Å². The van der Waals surface area contributed by atoms with E-state index in [2.05, 4.69) is 9.47 Å². The van der Waals surface area contributed by atoms with E-state index in [0.29, 0.717) is 0 Å². The fraction of sp³-hybridized carbons (Fsp3) is 0.692. The molecule has 0 radical (unpaired) electrons. The Hall–Kier alpha value is -1.66. The third kappa shape index (κ3) is 5.95. The van der Waals surface area contributed by atoms with E-state index < -0.39 is 50.8 Å². The second-order valence-electron chi connectivity index (χ2n) is 6.48. The average Bonchev–Trinajstić information content (AvgIpc) is 2.39. The quantitative estimate of drug-likeness (QED) is 0.260. The summed E-state index contributed by atoms with van der Waals surface area (Å²) in [6.45, 7) is 4.69. The molecule has 0 aliphatic carbocycles. The van der Waals surface area contributed by atoms with Crippen molar-refractivity contribution in [2.75, 3.05) is 6.23 Å². The van der Waals surface area contributed by atoms with Crippen LogP contribution in [0, 0.1) is 0 Å². The van der Waals surface area contributed by atoms with Crippen molar-refractivity contribution in [2.24, 2.45) is 0 Å². The molecule has 0 heterocycles. The molecule has 0 aliphatic heterocycles. The molecule has 0 N–H and O–H groups in total. The van der Waals surface area contributed by atoms with E-state index in [0.717, 1.165) is 0 Å². The topological polar surface area (TPSA) is 52.6 Å². The Labute approximate surface area is 144 Å². The minimum atomic E-state index is -6.72. The van der Waals surface area contributed by atoms with Crippen LogP contribution in [0.2, 0.25) is 19.6 Å². The summed E-state index contributed by atoms with van der Waals surface area (Å²) < 4.78 is 111. The molecule has 0 amide bonds. The van der Waals surface area contributed by atoms with Crippen LogP contribution < -0.4 is 0 Å². The summed E-state index contributed by atoms with van der Waals surface area (Å²) in [5, 5.41) is 0. The fourth-order valence-electron chi connectivity index (χ4n) is 1.15. The van der Waals surface area contributed by atoms with Crippen molar-refractivity contribution in [1.29, 1.82) is 0 Å². The molecule has 13 heteroatoms. The smallest absolute Gasteiger partial charge is 0.466 e. The van der Waals surface area contributed by atoms with Gasteiger partial charge in [0.2, 0.25) is 0 Å². The predicted octanol–water partition coefficient (Wildman–Crippen LogP) is 4.03. The Bertz CT molecular complexity index is 563. The second-order valence-corrected chi connectivity index (χ2v) is 11.9. The molecule has 0 aromatic carbocycles. The zero-order valence-corrected chi connectivity index (χ0v) is 15.0. The van der Waals surface area contributed by atoms with Crippen LogP contribution in [0.25, 0.3) is 0 Å². The van der Waals surface area contributed by atoms with E-state index in [-0.39, 0.29) is 18.4 Å². The SMILES string of the molecule is CC(F)(F)C(F)(F)C(F)(F)C(F)(F)OC(=O)C=CC(=O)OC[Si](C)(C)C. The Morgan fingerprint density at radius 2 is 1.27 bits per heavy atom. The summed E-state index contributed by atoms with van der Waals surface area (Å²) in [4.78, 5) is 22.2. The summed E-state index contributed by atoms with van der Waals surface area (Å²) in [6, 6.07) is 0. The van der Waals surface area contributed by atoms with Crippen LogP contribution in [0.4, 0.5) is 35.1 Å². The maximum Gasteiger partial charge on any atom is 0.473 e. The van der Waals surface area contributed by atoms with Gasteiger partial charge in [-0.1, -0.05) is 19.6 Å². The van der Waals surface area contributed by atoms with Gasteiger partial charge >= 0.3 is 35.8 Å². The van der Waals surface area contributed by atoms with E-state index in [9.17, 15) is 44.7 Å². The van der Waals surface area contributed by atoms with Crippen molar-refractivity contribution < 1.29 is 54.2 Å². The number of alkyl halides is 8. The lowest BCUT2D eigenvalue weighted by Gasteiger charge is -2.34. The summed E-state index contributed by atoms with van der Waals surface area (Å²) >= 11 is 0. The third-order valence-corrected chi connectivity index (χ3v) is 3.55. The van der Waals surface area contributed by atoms with Crippen LogP contribution in [-0.4, -0.2) is 50.1 Å². The molecule has 0 spiro atoms. The van der Waals surface area contributed by atoms with Crippen LogP contribution >= 0.6 is 0 Å². The highest BCUT2D eigenvalue weighted by molar-refractivity contribution is 6.76. The van der Waals surface area contributed by atoms with Crippen molar-refractivity contribution in [1.82, 2.24) is 0 Å². The van der Waals surface area contributed by atoms with Gasteiger partial charge in [-0.2, -0.15) is 35.1 Å². The number of halogens is 8. The Kier molecular flexibility index (Phi) is 7.04. The highest BCUT2D eigenvalue weighted by Crippen LogP contribution is 2.52. The first-order chi connectivity index (χ1) is 11.2. The minimum Gasteiger partial charge on any atom is -0.466 e. The minimum absolute atomic E-state index is 0.0166. The van der Waals surface area contributed by atoms with Crippen LogP contribution in [-0.2, 0) is 19.1 Å². The van der Waals surface area contributed by atoms with Crippen molar-refractivity contribution in [3.8, 4) is 0 Å². The molecule has 0 atom stereocenters. The van der Waals surface area contributed by atoms with Gasteiger partial charge < -0.3 is 9.47 Å². The van der Waals surface area contributed by atoms with E-state index in [1.165, 1.54) is 0 Å². The average molecular weight is 416 g/mol. The number of esters is 2. The van der Waals surface area contributed by atoms with E-state index >= 15 is 0 Å². The molecule has 152 valence electrons. The highest BCUT2D eigenvalue weighted by Gasteiger charge is 2.81. The molecule has 0 saturated carbocycles. The summed E-state index contributed by atoms with van der Waals surface area (Å²) in [6.07, 6.45) is -6.14. The van der Waals surface area contributed by atoms with Crippen molar-refractivity contribution in [3.63, 3.8) is 0 Å². The van der Waals surface area contributed by atoms with Gasteiger partial charge in [0.05, 0.1) is 14.3 Å². The van der Waals surface area contributed by atoms with Gasteiger partial charge in [-0.3, -0.25) is 0 Å². The number of carbonyl (C=O) groups excluding carboxylic acids is 2. The lowest BCUT2D eigenvalue weighted by molar-refractivity contribution is -0.413. The van der Waals surface area contributed by atoms with Crippen molar-refractivity contribution >= 4 is 20.0 Å². The Morgan fingerprint density at radius 1 is 0.846 bits per heavy atom. The summed E-state index contributed by atoms with van der Waals surface area (Å²) in [7, 11) is -1.84. The number of ether oxygens (including phenoxy) is 2. The maximum atomic E-state index is 13.2. The zero-order valence-electron chi connectivity index (χ0n) is 14.0. The standard InChI is InChI=1S/C13H16F8O4Si/c1-10(14,15)11(16,17)12(18,19)13(20,21)25-9(23)6-5-8(22)24-7-26(2,3)4/h5-6H,7H2,1-4H3. The molecule has 0 saturated heterocycles. The Morgan fingerprint density at radius 3 is 1.65 bits per heavy atom. The molecule has 0 unspecified atom stereocenters. The molecule has 0 aromatic heterocycles. The monoisotopic (exact) mass is 416 g/mol. The number of carbonyl (C=O) groups is 2. The summed E-state index contributed by atoms with van der Waals surface area (Å²) in [5.41, 5.74) is 0. The molecule has 0 aromatic rings. The molecular formula is C13H16F8O4Si. The molecule has 0 fully saturated rings. The van der Waals surface area contributed by atoms with Gasteiger partial charge in [0.25, 0.3) is 0 Å². The fourth-order valence-corrected chi connectivity index (χ4v) is 1.73. The summed E-state index contributed by atoms with van der Waals surface area (Å²) in [5.74, 6) is -22.3. The zero-order chi connectivity index (χ0) is 21.2. The molecular weight excluding hydrogens is 400 g/mol. The first-order valence-electron chi connectivity index (χ1n) is 6.84. The number of hydrogen-bond donors (Lipinski definition) is 0. The third-order valence-electron chi connectivity index (χ3n) is 2.54. The van der Waals surface area contributed by atoms with Gasteiger partial charge in [0.1, 0.15) is 0 Å². The lowest BCUT2D eigenvalue weighted by Crippen LogP contribution is -2.62. The molecule has 0 rings (SSSR count). The van der Waals surface area contributed by atoms with E-state index in [1.807, 2.05) is 0 Å².